The molecule has 0 bridgehead atoms. The second-order valence-electron chi connectivity index (χ2n) is 7.59. The van der Waals surface area contributed by atoms with Gasteiger partial charge in [0.05, 0.1) is 0 Å². The highest BCUT2D eigenvalue weighted by atomic mass is 16.7. The molecule has 0 aromatic rings. The Bertz CT molecular complexity index is 430. The molecular formula is C22H40O6. The first-order valence-corrected chi connectivity index (χ1v) is 11.0. The maximum Gasteiger partial charge on any atom is 0.390 e. The van der Waals surface area contributed by atoms with Crippen molar-refractivity contribution in [3.63, 3.8) is 0 Å². The van der Waals surface area contributed by atoms with Gasteiger partial charge < -0.3 is 14.6 Å². The van der Waals surface area contributed by atoms with Crippen LogP contribution in [0.1, 0.15) is 117 Å². The summed E-state index contributed by atoms with van der Waals surface area (Å²) in [7, 11) is 0. The first-order chi connectivity index (χ1) is 13.3. The predicted molar refractivity (Wildman–Crippen MR) is 109 cm³/mol. The van der Waals surface area contributed by atoms with Gasteiger partial charge in [0, 0.05) is 20.3 Å². The molecule has 0 spiro atoms. The van der Waals surface area contributed by atoms with Crippen LogP contribution in [0.15, 0.2) is 0 Å². The summed E-state index contributed by atoms with van der Waals surface area (Å²) in [5, 5.41) is 9.37. The molecule has 0 radical (unpaired) electrons. The summed E-state index contributed by atoms with van der Waals surface area (Å²) in [6.07, 6.45) is 16.5. The fourth-order valence-electron chi connectivity index (χ4n) is 3.33. The Balaban J connectivity index is 3.84. The van der Waals surface area contributed by atoms with Crippen molar-refractivity contribution in [3.8, 4) is 0 Å². The molecular weight excluding hydrogens is 360 g/mol. The van der Waals surface area contributed by atoms with Gasteiger partial charge in [0.2, 0.25) is 0 Å². The van der Waals surface area contributed by atoms with Crippen LogP contribution in [-0.4, -0.2) is 28.8 Å². The number of hydrogen-bond donors (Lipinski definition) is 1. The first kappa shape index (κ1) is 26.4. The number of rotatable bonds is 18. The van der Waals surface area contributed by atoms with Gasteiger partial charge in [-0.1, -0.05) is 90.4 Å². The molecule has 0 saturated carbocycles. The van der Waals surface area contributed by atoms with Gasteiger partial charge >= 0.3 is 23.7 Å². The summed E-state index contributed by atoms with van der Waals surface area (Å²) in [6.45, 7) is 4.45. The van der Waals surface area contributed by atoms with E-state index in [9.17, 15) is 19.5 Å². The van der Waals surface area contributed by atoms with Gasteiger partial charge in [-0.15, -0.1) is 0 Å². The molecule has 6 heteroatoms. The minimum Gasteiger partial charge on any atom is -0.475 e. The molecule has 0 saturated heterocycles. The molecule has 0 heterocycles. The average molecular weight is 401 g/mol. The Morgan fingerprint density at radius 3 is 1.25 bits per heavy atom. The second kappa shape index (κ2) is 16.4. The van der Waals surface area contributed by atoms with Gasteiger partial charge in [-0.25, -0.2) is 4.79 Å². The molecule has 0 unspecified atom stereocenters. The summed E-state index contributed by atoms with van der Waals surface area (Å²) in [5.74, 6) is -5.22. The molecule has 28 heavy (non-hydrogen) atoms. The van der Waals surface area contributed by atoms with E-state index < -0.39 is 23.7 Å². The van der Waals surface area contributed by atoms with Crippen molar-refractivity contribution < 1.29 is 29.0 Å². The minimum atomic E-state index is -2.20. The van der Waals surface area contributed by atoms with Crippen LogP contribution in [0.25, 0.3) is 0 Å². The summed E-state index contributed by atoms with van der Waals surface area (Å²) in [4.78, 5) is 33.9. The Hall–Kier alpha value is -1.59. The van der Waals surface area contributed by atoms with Crippen molar-refractivity contribution >= 4 is 17.9 Å². The molecule has 0 amide bonds. The molecule has 0 aliphatic heterocycles. The lowest BCUT2D eigenvalue weighted by Gasteiger charge is -2.27. The highest BCUT2D eigenvalue weighted by Gasteiger charge is 2.45. The minimum absolute atomic E-state index is 0.0282. The van der Waals surface area contributed by atoms with Crippen LogP contribution < -0.4 is 0 Å². The van der Waals surface area contributed by atoms with Gasteiger partial charge in [0.1, 0.15) is 0 Å². The molecule has 0 aromatic carbocycles. The molecule has 0 aliphatic rings. The average Bonchev–Trinajstić information content (AvgIpc) is 2.60. The molecule has 0 fully saturated rings. The number of carboxylic acid groups (broad SMARTS) is 1. The quantitative estimate of drug-likeness (QED) is 0.179. The summed E-state index contributed by atoms with van der Waals surface area (Å²) in [5.41, 5.74) is 0. The van der Waals surface area contributed by atoms with Crippen LogP contribution in [0.5, 0.6) is 0 Å². The van der Waals surface area contributed by atoms with Crippen molar-refractivity contribution in [1.82, 2.24) is 0 Å². The number of aliphatic carboxylic acids is 1. The lowest BCUT2D eigenvalue weighted by molar-refractivity contribution is -0.237. The summed E-state index contributed by atoms with van der Waals surface area (Å²) < 4.78 is 9.68. The number of ether oxygens (including phenoxy) is 2. The van der Waals surface area contributed by atoms with Crippen molar-refractivity contribution in [2.45, 2.75) is 123 Å². The first-order valence-electron chi connectivity index (χ1n) is 11.0. The van der Waals surface area contributed by atoms with Crippen LogP contribution in [0, 0.1) is 0 Å². The van der Waals surface area contributed by atoms with E-state index in [-0.39, 0.29) is 6.42 Å². The zero-order valence-corrected chi connectivity index (χ0v) is 18.1. The van der Waals surface area contributed by atoms with Crippen LogP contribution in [0.3, 0.4) is 0 Å². The van der Waals surface area contributed by atoms with Crippen LogP contribution in [-0.2, 0) is 23.9 Å². The fourth-order valence-corrected chi connectivity index (χ4v) is 3.33. The number of unbranched alkanes of at least 4 members (excludes halogenated alkanes) is 13. The van der Waals surface area contributed by atoms with Gasteiger partial charge in [-0.2, -0.15) is 0 Å². The van der Waals surface area contributed by atoms with E-state index in [1.165, 1.54) is 64.2 Å². The number of carbonyl (C=O) groups excluding carboxylic acids is 2. The van der Waals surface area contributed by atoms with E-state index in [0.29, 0.717) is 6.42 Å². The lowest BCUT2D eigenvalue weighted by Crippen LogP contribution is -2.46. The van der Waals surface area contributed by atoms with Gasteiger partial charge in [0.25, 0.3) is 0 Å². The van der Waals surface area contributed by atoms with Crippen molar-refractivity contribution in [1.29, 1.82) is 0 Å². The molecule has 164 valence electrons. The monoisotopic (exact) mass is 400 g/mol. The summed E-state index contributed by atoms with van der Waals surface area (Å²) in [6, 6.07) is 0. The smallest absolute Gasteiger partial charge is 0.390 e. The van der Waals surface area contributed by atoms with E-state index >= 15 is 0 Å². The molecule has 1 N–H and O–H groups in total. The Labute approximate surface area is 170 Å². The number of hydrogen-bond acceptors (Lipinski definition) is 5. The Morgan fingerprint density at radius 2 is 0.964 bits per heavy atom. The van der Waals surface area contributed by atoms with E-state index in [2.05, 4.69) is 6.92 Å². The molecule has 0 rings (SSSR count). The van der Waals surface area contributed by atoms with Crippen molar-refractivity contribution in [2.75, 3.05) is 0 Å². The van der Waals surface area contributed by atoms with Crippen LogP contribution in [0.4, 0.5) is 0 Å². The van der Waals surface area contributed by atoms with E-state index in [1.807, 2.05) is 0 Å². The normalized spacial score (nSPS) is 11.2. The van der Waals surface area contributed by atoms with Gasteiger partial charge in [-0.05, 0) is 6.42 Å². The SMILES string of the molecule is CCCCCCCCCCCCCCCCC(OC(C)=O)(OC(C)=O)C(=O)O. The van der Waals surface area contributed by atoms with Gasteiger partial charge in [0.15, 0.2) is 0 Å². The second-order valence-corrected chi connectivity index (χ2v) is 7.59. The topological polar surface area (TPSA) is 89.9 Å². The Morgan fingerprint density at radius 1 is 0.643 bits per heavy atom. The van der Waals surface area contributed by atoms with Crippen LogP contribution in [0.2, 0.25) is 0 Å². The molecule has 0 aromatic heterocycles. The third kappa shape index (κ3) is 13.6. The maximum absolute atomic E-state index is 11.5. The molecule has 6 nitrogen and oxygen atoms in total. The predicted octanol–water partition coefficient (Wildman–Crippen LogP) is 5.76. The number of carbonyl (C=O) groups is 3. The van der Waals surface area contributed by atoms with Crippen molar-refractivity contribution in [3.05, 3.63) is 0 Å². The maximum atomic E-state index is 11.5. The highest BCUT2D eigenvalue weighted by Crippen LogP contribution is 2.24. The third-order valence-electron chi connectivity index (χ3n) is 4.80. The lowest BCUT2D eigenvalue weighted by atomic mass is 10.0. The van der Waals surface area contributed by atoms with E-state index in [1.54, 1.807) is 0 Å². The molecule has 0 aliphatic carbocycles. The van der Waals surface area contributed by atoms with Crippen LogP contribution >= 0.6 is 0 Å². The standard InChI is InChI=1S/C22H40O6/c1-4-5-6-7-8-9-10-11-12-13-14-15-16-17-18-22(21(25)26,27-19(2)23)28-20(3)24/h4-18H2,1-3H3,(H,25,26). The molecule has 0 atom stereocenters. The fraction of sp³-hybridized carbons (Fsp3) is 0.864. The van der Waals surface area contributed by atoms with E-state index in [0.717, 1.165) is 33.1 Å². The Kier molecular flexibility index (Phi) is 15.4. The van der Waals surface area contributed by atoms with Gasteiger partial charge in [-0.3, -0.25) is 9.59 Å². The van der Waals surface area contributed by atoms with Crippen molar-refractivity contribution in [2.24, 2.45) is 0 Å². The highest BCUT2D eigenvalue weighted by molar-refractivity contribution is 5.82. The van der Waals surface area contributed by atoms with E-state index in [4.69, 9.17) is 9.47 Å². The largest absolute Gasteiger partial charge is 0.475 e. The summed E-state index contributed by atoms with van der Waals surface area (Å²) >= 11 is 0. The zero-order chi connectivity index (χ0) is 21.3. The number of esters is 2. The number of carboxylic acids is 1. The zero-order valence-electron chi connectivity index (χ0n) is 18.1. The third-order valence-corrected chi connectivity index (χ3v) is 4.80.